The molecule has 0 bridgehead atoms. The molecule has 3 heteroatoms. The fourth-order valence-corrected chi connectivity index (χ4v) is 2.56. The molecule has 1 heterocycles. The molecule has 0 spiro atoms. The summed E-state index contributed by atoms with van der Waals surface area (Å²) in [5.41, 5.74) is 8.03. The van der Waals surface area contributed by atoms with Crippen LogP contribution >= 0.6 is 11.6 Å². The van der Waals surface area contributed by atoms with Gasteiger partial charge >= 0.3 is 0 Å². The van der Waals surface area contributed by atoms with Crippen LogP contribution in [-0.4, -0.2) is 11.5 Å². The van der Waals surface area contributed by atoms with E-state index in [9.17, 15) is 0 Å². The van der Waals surface area contributed by atoms with Crippen LogP contribution in [0.2, 0.25) is 5.02 Å². The first-order chi connectivity index (χ1) is 7.81. The summed E-state index contributed by atoms with van der Waals surface area (Å²) in [6, 6.07) is 8.00. The minimum absolute atomic E-state index is 0.583. The summed E-state index contributed by atoms with van der Waals surface area (Å²) in [7, 11) is 0. The number of fused-ring (bicyclic) bond motifs is 1. The van der Waals surface area contributed by atoms with E-state index < -0.39 is 0 Å². The van der Waals surface area contributed by atoms with Crippen LogP contribution in [0.1, 0.15) is 17.9 Å². The maximum atomic E-state index is 6.16. The third-order valence-corrected chi connectivity index (χ3v) is 3.70. The minimum atomic E-state index is 0.583. The van der Waals surface area contributed by atoms with Crippen molar-refractivity contribution in [1.29, 1.82) is 0 Å². The maximum Gasteiger partial charge on any atom is 0.0751 e. The first-order valence-electron chi connectivity index (χ1n) is 5.54. The third-order valence-electron chi connectivity index (χ3n) is 3.37. The van der Waals surface area contributed by atoms with E-state index in [1.165, 1.54) is 12.0 Å². The molecule has 2 nitrogen and oxygen atoms in total. The molecule has 0 radical (unpaired) electrons. The molecular weight excluding hydrogens is 220 g/mol. The molecule has 1 aliphatic rings. The van der Waals surface area contributed by atoms with Crippen molar-refractivity contribution in [2.24, 2.45) is 11.7 Å². The predicted octanol–water partition coefficient (Wildman–Crippen LogP) is 2.95. The molecule has 1 fully saturated rings. The Morgan fingerprint density at radius 1 is 1.38 bits per heavy atom. The third kappa shape index (κ3) is 1.49. The molecule has 2 aromatic rings. The first kappa shape index (κ1) is 10.1. The number of halogens is 1. The normalized spacial score (nSPS) is 23.6. The molecule has 0 amide bonds. The summed E-state index contributed by atoms with van der Waals surface area (Å²) in [5, 5.41) is 1.82. The lowest BCUT2D eigenvalue weighted by Gasteiger charge is -2.06. The van der Waals surface area contributed by atoms with Gasteiger partial charge in [-0.25, -0.2) is 0 Å². The maximum absolute atomic E-state index is 6.16. The zero-order valence-corrected chi connectivity index (χ0v) is 9.61. The van der Waals surface area contributed by atoms with E-state index in [1.54, 1.807) is 0 Å². The van der Waals surface area contributed by atoms with E-state index in [2.05, 4.69) is 11.1 Å². The fourth-order valence-electron chi connectivity index (χ4n) is 2.35. The van der Waals surface area contributed by atoms with Gasteiger partial charge in [0.05, 0.1) is 5.52 Å². The van der Waals surface area contributed by atoms with Crippen LogP contribution in [0, 0.1) is 5.92 Å². The van der Waals surface area contributed by atoms with Gasteiger partial charge in [-0.05, 0) is 48.6 Å². The SMILES string of the molecule is NCC1CC1c1ccc(Cl)c2cccnc12. The number of benzene rings is 1. The lowest BCUT2D eigenvalue weighted by atomic mass is 10.0. The lowest BCUT2D eigenvalue weighted by molar-refractivity contribution is 0.811. The molecule has 2 unspecified atom stereocenters. The Morgan fingerprint density at radius 3 is 3.00 bits per heavy atom. The fraction of sp³-hybridized carbons (Fsp3) is 0.308. The van der Waals surface area contributed by atoms with Crippen molar-refractivity contribution < 1.29 is 0 Å². The standard InChI is InChI=1S/C13H13ClN2/c14-12-4-3-9(11-6-8(11)7-15)13-10(12)2-1-5-16-13/h1-5,8,11H,6-7,15H2. The summed E-state index contributed by atoms with van der Waals surface area (Å²) >= 11 is 6.16. The van der Waals surface area contributed by atoms with Gasteiger partial charge in [0.2, 0.25) is 0 Å². The summed E-state index contributed by atoms with van der Waals surface area (Å²) in [4.78, 5) is 4.45. The van der Waals surface area contributed by atoms with Crippen LogP contribution in [0.5, 0.6) is 0 Å². The van der Waals surface area contributed by atoms with E-state index in [1.807, 2.05) is 24.4 Å². The largest absolute Gasteiger partial charge is 0.330 e. The van der Waals surface area contributed by atoms with Crippen LogP contribution < -0.4 is 5.73 Å². The van der Waals surface area contributed by atoms with Gasteiger partial charge in [0, 0.05) is 16.6 Å². The van der Waals surface area contributed by atoms with E-state index in [4.69, 9.17) is 17.3 Å². The number of nitrogens with two attached hydrogens (primary N) is 1. The quantitative estimate of drug-likeness (QED) is 0.865. The molecule has 16 heavy (non-hydrogen) atoms. The highest BCUT2D eigenvalue weighted by Gasteiger charge is 2.38. The Balaban J connectivity index is 2.16. The molecule has 1 aliphatic carbocycles. The van der Waals surface area contributed by atoms with Crippen LogP contribution in [0.25, 0.3) is 10.9 Å². The molecule has 3 rings (SSSR count). The Labute approximate surface area is 99.4 Å². The van der Waals surface area contributed by atoms with Crippen LogP contribution in [-0.2, 0) is 0 Å². The van der Waals surface area contributed by atoms with Crippen molar-refractivity contribution in [2.75, 3.05) is 6.54 Å². The Hall–Kier alpha value is -1.12. The van der Waals surface area contributed by atoms with Gasteiger partial charge < -0.3 is 5.73 Å². The molecule has 82 valence electrons. The van der Waals surface area contributed by atoms with E-state index in [-0.39, 0.29) is 0 Å². The highest BCUT2D eigenvalue weighted by Crippen LogP contribution is 2.48. The van der Waals surface area contributed by atoms with Gasteiger partial charge in [0.1, 0.15) is 0 Å². The van der Waals surface area contributed by atoms with Gasteiger partial charge in [0.25, 0.3) is 0 Å². The van der Waals surface area contributed by atoms with Crippen LogP contribution in [0.3, 0.4) is 0 Å². The smallest absolute Gasteiger partial charge is 0.0751 e. The molecular formula is C13H13ClN2. The van der Waals surface area contributed by atoms with Crippen LogP contribution in [0.4, 0.5) is 0 Å². The highest BCUT2D eigenvalue weighted by molar-refractivity contribution is 6.35. The Bertz CT molecular complexity index is 538. The van der Waals surface area contributed by atoms with E-state index in [0.29, 0.717) is 11.8 Å². The second kappa shape index (κ2) is 3.72. The van der Waals surface area contributed by atoms with E-state index in [0.717, 1.165) is 22.5 Å². The summed E-state index contributed by atoms with van der Waals surface area (Å²) in [5.74, 6) is 1.21. The zero-order chi connectivity index (χ0) is 11.1. The first-order valence-corrected chi connectivity index (χ1v) is 5.92. The predicted molar refractivity (Wildman–Crippen MR) is 66.7 cm³/mol. The molecule has 1 saturated carbocycles. The molecule has 1 aromatic heterocycles. The molecule has 1 aromatic carbocycles. The van der Waals surface area contributed by atoms with Gasteiger partial charge in [0.15, 0.2) is 0 Å². The number of hydrogen-bond donors (Lipinski definition) is 1. The molecule has 2 atom stereocenters. The second-order valence-corrected chi connectivity index (χ2v) is 4.78. The van der Waals surface area contributed by atoms with Crippen molar-refractivity contribution in [3.63, 3.8) is 0 Å². The van der Waals surface area contributed by atoms with Gasteiger partial charge in [-0.1, -0.05) is 17.7 Å². The summed E-state index contributed by atoms with van der Waals surface area (Å²) in [6.45, 7) is 0.765. The Morgan fingerprint density at radius 2 is 2.25 bits per heavy atom. The molecule has 0 aliphatic heterocycles. The van der Waals surface area contributed by atoms with Gasteiger partial charge in [-0.3, -0.25) is 4.98 Å². The number of rotatable bonds is 2. The number of pyridine rings is 1. The Kier molecular flexibility index (Phi) is 2.34. The number of hydrogen-bond acceptors (Lipinski definition) is 2. The topological polar surface area (TPSA) is 38.9 Å². The van der Waals surface area contributed by atoms with Crippen molar-refractivity contribution in [3.8, 4) is 0 Å². The lowest BCUT2D eigenvalue weighted by Crippen LogP contribution is -2.02. The van der Waals surface area contributed by atoms with Crippen molar-refractivity contribution in [3.05, 3.63) is 41.0 Å². The zero-order valence-electron chi connectivity index (χ0n) is 8.86. The van der Waals surface area contributed by atoms with Crippen molar-refractivity contribution in [2.45, 2.75) is 12.3 Å². The second-order valence-electron chi connectivity index (χ2n) is 4.37. The van der Waals surface area contributed by atoms with Crippen LogP contribution in [0.15, 0.2) is 30.5 Å². The van der Waals surface area contributed by atoms with Gasteiger partial charge in [-0.2, -0.15) is 0 Å². The van der Waals surface area contributed by atoms with E-state index >= 15 is 0 Å². The monoisotopic (exact) mass is 232 g/mol. The molecule has 0 saturated heterocycles. The summed E-state index contributed by atoms with van der Waals surface area (Å²) < 4.78 is 0. The summed E-state index contributed by atoms with van der Waals surface area (Å²) in [6.07, 6.45) is 3.01. The average molecular weight is 233 g/mol. The number of aromatic nitrogens is 1. The number of nitrogens with zero attached hydrogens (tertiary/aromatic N) is 1. The highest BCUT2D eigenvalue weighted by atomic mass is 35.5. The average Bonchev–Trinajstić information content (AvgIpc) is 3.09. The minimum Gasteiger partial charge on any atom is -0.330 e. The van der Waals surface area contributed by atoms with Crippen molar-refractivity contribution in [1.82, 2.24) is 4.98 Å². The van der Waals surface area contributed by atoms with Gasteiger partial charge in [-0.15, -0.1) is 0 Å². The van der Waals surface area contributed by atoms with Crippen molar-refractivity contribution >= 4 is 22.5 Å². The molecule has 2 N–H and O–H groups in total.